The normalized spacial score (nSPS) is 26.0. The number of nitrogens with zero attached hydrogens (tertiary/aromatic N) is 2. The van der Waals surface area contributed by atoms with Crippen molar-refractivity contribution in [3.63, 3.8) is 0 Å². The minimum atomic E-state index is -1.18. The Kier molecular flexibility index (Phi) is 13.3. The highest BCUT2D eigenvalue weighted by atomic mass is 19.1. The number of fused-ring (bicyclic) bond motifs is 6. The highest BCUT2D eigenvalue weighted by molar-refractivity contribution is 6.12. The SMILES string of the molecule is C#C[C@]1(O)CC[C@H]2[C@@H]3CCC4=Cc5oncc5C[C@]4(C)[C@H]3CC[C@@]21C.CC(C)c1c(C(=O)Nc2ccccc2)c(-c2ccccc2)c(-c2ccc(F)cc2)n1CC[C@@H](O)C[C@@H](O)CC(=O)O. The number of carbonyl (C=O) groups excluding carboxylic acids is 1. The van der Waals surface area contributed by atoms with E-state index in [9.17, 15) is 29.3 Å². The number of allylic oxidation sites excluding steroid dienone is 1. The molecule has 0 aliphatic heterocycles. The Morgan fingerprint density at radius 3 is 2.29 bits per heavy atom. The first kappa shape index (κ1) is 46.7. The molecule has 3 aromatic carbocycles. The van der Waals surface area contributed by atoms with E-state index in [2.05, 4.69) is 36.3 Å². The molecule has 0 spiro atoms. The van der Waals surface area contributed by atoms with Gasteiger partial charge in [0.15, 0.2) is 5.76 Å². The summed E-state index contributed by atoms with van der Waals surface area (Å²) in [6.07, 6.45) is 14.9. The summed E-state index contributed by atoms with van der Waals surface area (Å²) in [6, 6.07) is 24.8. The minimum absolute atomic E-state index is 0.0939. The average Bonchev–Trinajstić information content (AvgIpc) is 3.97. The summed E-state index contributed by atoms with van der Waals surface area (Å²) >= 11 is 0. The van der Waals surface area contributed by atoms with Crippen molar-refractivity contribution in [1.82, 2.24) is 9.72 Å². The maximum absolute atomic E-state index is 14.0. The fraction of sp³-hybridized carbons (Fsp3) is 0.436. The first-order chi connectivity index (χ1) is 31.6. The second-order valence-corrected chi connectivity index (χ2v) is 19.8. The zero-order valence-electron chi connectivity index (χ0n) is 38.3. The van der Waals surface area contributed by atoms with Crippen LogP contribution in [0.5, 0.6) is 0 Å². The predicted octanol–water partition coefficient (Wildman–Crippen LogP) is 10.5. The van der Waals surface area contributed by atoms with Crippen LogP contribution in [0, 0.1) is 46.7 Å². The van der Waals surface area contributed by atoms with Crippen LogP contribution in [0.1, 0.15) is 119 Å². The summed E-state index contributed by atoms with van der Waals surface area (Å²) in [6.45, 7) is 8.96. The second-order valence-electron chi connectivity index (χ2n) is 19.8. The summed E-state index contributed by atoms with van der Waals surface area (Å²) in [5, 5.41) is 47.9. The lowest BCUT2D eigenvalue weighted by molar-refractivity contribution is -0.139. The van der Waals surface area contributed by atoms with Crippen molar-refractivity contribution in [2.75, 3.05) is 5.32 Å². The number of aliphatic carboxylic acids is 1. The standard InChI is InChI=1S/C33H35FN2O5.C22H27NO2/c1-21(2)31-30(33(41)35-25-11-7-4-8-12-25)29(22-9-5-3-6-10-22)32(23-13-15-24(34)16-14-23)36(31)18-17-26(37)19-27(38)20-28(39)40;1-4-22(24)10-8-18-16-6-5-15-11-19-14(13-23-25-19)12-20(15,2)17(16)7-9-21(18,22)3/h3-16,21,26-27,37-38H,17-20H2,1-2H3,(H,35,41)(H,39,40);1,11,13,16-18,24H,5-10,12H2,2-3H3/t26-,27-;16-,17+,18+,20+,21+,22+/m11/s1. The van der Waals surface area contributed by atoms with Crippen molar-refractivity contribution >= 4 is 23.6 Å². The quantitative estimate of drug-likeness (QED) is 0.0775. The van der Waals surface area contributed by atoms with Gasteiger partial charge in [0.25, 0.3) is 5.91 Å². The molecular formula is C55H62FN3O7. The number of carbonyl (C=O) groups is 2. The van der Waals surface area contributed by atoms with Crippen molar-refractivity contribution in [2.45, 2.75) is 122 Å². The van der Waals surface area contributed by atoms with Crippen LogP contribution in [-0.4, -0.2) is 59.8 Å². The van der Waals surface area contributed by atoms with Gasteiger partial charge in [0.1, 0.15) is 11.4 Å². The summed E-state index contributed by atoms with van der Waals surface area (Å²) < 4.78 is 21.4. The zero-order valence-corrected chi connectivity index (χ0v) is 38.3. The van der Waals surface area contributed by atoms with Gasteiger partial charge in [-0.25, -0.2) is 4.39 Å². The van der Waals surface area contributed by atoms with Crippen molar-refractivity contribution in [3.05, 3.63) is 125 Å². The molecule has 10 nitrogen and oxygen atoms in total. The first-order valence-corrected chi connectivity index (χ1v) is 23.4. The van der Waals surface area contributed by atoms with E-state index in [1.807, 2.05) is 85.3 Å². The number of nitrogens with one attached hydrogen (secondary N) is 1. The molecule has 0 bridgehead atoms. The summed E-state index contributed by atoms with van der Waals surface area (Å²) in [7, 11) is 0. The fourth-order valence-electron chi connectivity index (χ4n) is 12.3. The Bertz CT molecular complexity index is 2610. The molecular weight excluding hydrogens is 834 g/mol. The van der Waals surface area contributed by atoms with Crippen LogP contribution in [0.15, 0.2) is 101 Å². The number of hydrogen-bond acceptors (Lipinski definition) is 7. The van der Waals surface area contributed by atoms with E-state index >= 15 is 0 Å². The van der Waals surface area contributed by atoms with Crippen LogP contribution >= 0.6 is 0 Å². The number of benzene rings is 3. The van der Waals surface area contributed by atoms with Gasteiger partial charge in [-0.3, -0.25) is 9.59 Å². The number of hydrogen-bond donors (Lipinski definition) is 5. The van der Waals surface area contributed by atoms with E-state index in [0.29, 0.717) is 45.8 Å². The highest BCUT2D eigenvalue weighted by Crippen LogP contribution is 2.67. The fourth-order valence-corrected chi connectivity index (χ4v) is 12.3. The molecule has 0 radical (unpaired) electrons. The molecule has 0 unspecified atom stereocenters. The van der Waals surface area contributed by atoms with E-state index < -0.39 is 30.2 Å². The van der Waals surface area contributed by atoms with Gasteiger partial charge in [-0.05, 0) is 140 Å². The van der Waals surface area contributed by atoms with Gasteiger partial charge in [-0.2, -0.15) is 0 Å². The zero-order chi connectivity index (χ0) is 47.0. The lowest BCUT2D eigenvalue weighted by atomic mass is 9.46. The Labute approximate surface area is 387 Å². The van der Waals surface area contributed by atoms with Crippen LogP contribution < -0.4 is 5.32 Å². The average molecular weight is 896 g/mol. The number of carboxylic acid groups (broad SMARTS) is 1. The molecule has 4 aliphatic carbocycles. The number of carboxylic acids is 1. The van der Waals surface area contributed by atoms with Gasteiger partial charge >= 0.3 is 5.97 Å². The van der Waals surface area contributed by atoms with Gasteiger partial charge in [0.2, 0.25) is 0 Å². The van der Waals surface area contributed by atoms with E-state index in [1.165, 1.54) is 24.1 Å². The number of terminal acetylenes is 1. The Hall–Kier alpha value is -5.80. The first-order valence-electron chi connectivity index (χ1n) is 23.4. The molecule has 2 heterocycles. The van der Waals surface area contributed by atoms with Crippen molar-refractivity contribution in [1.29, 1.82) is 0 Å². The number of rotatable bonds is 12. The third-order valence-corrected chi connectivity index (χ3v) is 15.6. The molecule has 66 heavy (non-hydrogen) atoms. The minimum Gasteiger partial charge on any atom is -0.481 e. The number of anilines is 1. The maximum Gasteiger partial charge on any atom is 0.305 e. The van der Waals surface area contributed by atoms with Crippen LogP contribution in [0.4, 0.5) is 10.1 Å². The number of amides is 1. The van der Waals surface area contributed by atoms with E-state index in [4.69, 9.17) is 16.1 Å². The third kappa shape index (κ3) is 8.79. The smallest absolute Gasteiger partial charge is 0.305 e. The molecule has 2 aromatic heterocycles. The molecule has 4 aliphatic rings. The van der Waals surface area contributed by atoms with Gasteiger partial charge in [0.05, 0.1) is 36.1 Å². The molecule has 1 amide bonds. The lowest BCUT2D eigenvalue weighted by Gasteiger charge is -2.58. The van der Waals surface area contributed by atoms with E-state index in [1.54, 1.807) is 17.7 Å². The summed E-state index contributed by atoms with van der Waals surface area (Å²) in [5.41, 5.74) is 6.76. The van der Waals surface area contributed by atoms with Crippen LogP contribution in [0.25, 0.3) is 28.5 Å². The van der Waals surface area contributed by atoms with Crippen LogP contribution in [-0.2, 0) is 17.8 Å². The van der Waals surface area contributed by atoms with Crippen molar-refractivity contribution in [2.24, 2.45) is 28.6 Å². The van der Waals surface area contributed by atoms with E-state index in [0.717, 1.165) is 55.5 Å². The molecule has 3 saturated carbocycles. The molecule has 0 saturated heterocycles. The lowest BCUT2D eigenvalue weighted by Crippen LogP contribution is -2.54. The number of aromatic nitrogens is 2. The van der Waals surface area contributed by atoms with Crippen LogP contribution in [0.2, 0.25) is 0 Å². The van der Waals surface area contributed by atoms with Crippen LogP contribution in [0.3, 0.4) is 0 Å². The monoisotopic (exact) mass is 895 g/mol. The molecule has 8 atom stereocenters. The Morgan fingerprint density at radius 2 is 1.62 bits per heavy atom. The van der Waals surface area contributed by atoms with Gasteiger partial charge in [0, 0.05) is 34.5 Å². The molecule has 3 fully saturated rings. The summed E-state index contributed by atoms with van der Waals surface area (Å²) in [4.78, 5) is 25.0. The number of halogens is 1. The molecule has 11 heteroatoms. The highest BCUT2D eigenvalue weighted by Gasteiger charge is 2.63. The molecule has 5 N–H and O–H groups in total. The van der Waals surface area contributed by atoms with E-state index in [-0.39, 0.29) is 47.9 Å². The largest absolute Gasteiger partial charge is 0.481 e. The van der Waals surface area contributed by atoms with Gasteiger partial charge in [-0.1, -0.05) is 92.9 Å². The Morgan fingerprint density at radius 1 is 0.939 bits per heavy atom. The molecule has 346 valence electrons. The molecule has 9 rings (SSSR count). The number of para-hydroxylation sites is 1. The maximum atomic E-state index is 14.0. The van der Waals surface area contributed by atoms with Gasteiger partial charge in [-0.15, -0.1) is 6.42 Å². The van der Waals surface area contributed by atoms with Crippen molar-refractivity contribution < 1.29 is 38.9 Å². The van der Waals surface area contributed by atoms with Crippen molar-refractivity contribution in [3.8, 4) is 34.7 Å². The Balaban J connectivity index is 0.000000200. The molecule has 5 aromatic rings. The number of aliphatic hydroxyl groups excluding tert-OH is 2. The topological polar surface area (TPSA) is 158 Å². The second kappa shape index (κ2) is 18.8. The van der Waals surface area contributed by atoms with Gasteiger partial charge < -0.3 is 34.8 Å². The predicted molar refractivity (Wildman–Crippen MR) is 254 cm³/mol. The third-order valence-electron chi connectivity index (χ3n) is 15.6. The summed E-state index contributed by atoms with van der Waals surface area (Å²) in [5.74, 6) is 3.70. The number of aliphatic hydroxyl groups is 3.